The third-order valence-corrected chi connectivity index (χ3v) is 4.85. The number of allylic oxidation sites excluding steroid dienone is 2. The van der Waals surface area contributed by atoms with Crippen LogP contribution in [0.2, 0.25) is 0 Å². The van der Waals surface area contributed by atoms with Gasteiger partial charge in [0.05, 0.1) is 12.0 Å². The van der Waals surface area contributed by atoms with Gasteiger partial charge in [-0.2, -0.15) is 0 Å². The van der Waals surface area contributed by atoms with Gasteiger partial charge in [0.2, 0.25) is 12.6 Å². The van der Waals surface area contributed by atoms with Crippen molar-refractivity contribution in [3.05, 3.63) is 70.5 Å². The minimum absolute atomic E-state index is 0.0142. The van der Waals surface area contributed by atoms with E-state index in [9.17, 15) is 14.4 Å². The summed E-state index contributed by atoms with van der Waals surface area (Å²) < 4.78 is 15.9. The zero-order valence-corrected chi connectivity index (χ0v) is 13.5. The largest absolute Gasteiger partial charge is 0.454 e. The summed E-state index contributed by atoms with van der Waals surface area (Å²) in [5, 5.41) is 0. The molecule has 6 heteroatoms. The highest BCUT2D eigenvalue weighted by molar-refractivity contribution is 6.27. The third kappa shape index (κ3) is 2.02. The number of hydrogen-bond donors (Lipinski definition) is 0. The summed E-state index contributed by atoms with van der Waals surface area (Å²) in [6, 6.07) is 11.8. The summed E-state index contributed by atoms with van der Waals surface area (Å²) in [7, 11) is 0. The van der Waals surface area contributed by atoms with Crippen LogP contribution in [0, 0.1) is 0 Å². The van der Waals surface area contributed by atoms with Gasteiger partial charge in [0.25, 0.3) is 0 Å². The Balaban J connectivity index is 1.68. The first-order valence-corrected chi connectivity index (χ1v) is 8.16. The van der Waals surface area contributed by atoms with Gasteiger partial charge >= 0.3 is 5.97 Å². The quantitative estimate of drug-likeness (QED) is 0.738. The molecule has 0 spiro atoms. The van der Waals surface area contributed by atoms with Crippen LogP contribution >= 0.6 is 0 Å². The van der Waals surface area contributed by atoms with Gasteiger partial charge in [-0.05, 0) is 17.7 Å². The Bertz CT molecular complexity index is 1030. The maximum atomic E-state index is 13.1. The van der Waals surface area contributed by atoms with E-state index in [-0.39, 0.29) is 35.9 Å². The summed E-state index contributed by atoms with van der Waals surface area (Å²) in [6.07, 6.45) is -0.0142. The van der Waals surface area contributed by atoms with Crippen LogP contribution in [0.1, 0.15) is 38.6 Å². The number of esters is 1. The van der Waals surface area contributed by atoms with Gasteiger partial charge in [0.15, 0.2) is 23.0 Å². The number of fused-ring (bicyclic) bond motifs is 2. The van der Waals surface area contributed by atoms with Crippen molar-refractivity contribution in [1.82, 2.24) is 0 Å². The second-order valence-electron chi connectivity index (χ2n) is 6.29. The number of carbonyl (C=O) groups excluding carboxylic acids is 3. The standard InChI is InChI=1S/C20H12O6/c21-16-8-13(10-5-6-14-15(7-10)25-9-24-14)17-18(22)11-3-1-2-4-12(11)19(23)20(17)26-16/h1-7,13H,8-9H2/t13-/m1/s1. The van der Waals surface area contributed by atoms with Gasteiger partial charge in [-0.1, -0.05) is 30.3 Å². The maximum Gasteiger partial charge on any atom is 0.312 e. The van der Waals surface area contributed by atoms with Crippen molar-refractivity contribution in [3.63, 3.8) is 0 Å². The van der Waals surface area contributed by atoms with Gasteiger partial charge in [0, 0.05) is 17.0 Å². The summed E-state index contributed by atoms with van der Waals surface area (Å²) in [4.78, 5) is 38.0. The van der Waals surface area contributed by atoms with Crippen LogP contribution in [0.25, 0.3) is 0 Å². The lowest BCUT2D eigenvalue weighted by atomic mass is 9.77. The van der Waals surface area contributed by atoms with Crippen molar-refractivity contribution in [2.24, 2.45) is 0 Å². The van der Waals surface area contributed by atoms with Crippen molar-refractivity contribution < 1.29 is 28.6 Å². The number of benzene rings is 2. The molecule has 128 valence electrons. The molecular formula is C20H12O6. The number of ketones is 2. The average molecular weight is 348 g/mol. The molecule has 0 saturated carbocycles. The fraction of sp³-hybridized carbons (Fsp3) is 0.150. The van der Waals surface area contributed by atoms with Crippen LogP contribution in [-0.2, 0) is 9.53 Å². The fourth-order valence-electron chi connectivity index (χ4n) is 3.63. The van der Waals surface area contributed by atoms with Gasteiger partial charge in [0.1, 0.15) is 0 Å². The Morgan fingerprint density at radius 2 is 1.58 bits per heavy atom. The Morgan fingerprint density at radius 3 is 2.38 bits per heavy atom. The number of carbonyl (C=O) groups is 3. The molecule has 0 aromatic heterocycles. The van der Waals surface area contributed by atoms with Crippen LogP contribution in [0.3, 0.4) is 0 Å². The zero-order chi connectivity index (χ0) is 17.8. The van der Waals surface area contributed by atoms with Crippen molar-refractivity contribution in [1.29, 1.82) is 0 Å². The molecule has 0 radical (unpaired) electrons. The van der Waals surface area contributed by atoms with Crippen LogP contribution < -0.4 is 9.47 Å². The van der Waals surface area contributed by atoms with Crippen LogP contribution in [0.4, 0.5) is 0 Å². The maximum absolute atomic E-state index is 13.1. The van der Waals surface area contributed by atoms with E-state index in [0.717, 1.165) is 0 Å². The molecule has 1 atom stereocenters. The molecule has 1 aliphatic carbocycles. The molecule has 0 amide bonds. The minimum atomic E-state index is -0.564. The second kappa shape index (κ2) is 5.29. The Hall–Kier alpha value is -3.41. The van der Waals surface area contributed by atoms with Crippen molar-refractivity contribution in [3.8, 4) is 11.5 Å². The molecule has 5 rings (SSSR count). The van der Waals surface area contributed by atoms with E-state index in [2.05, 4.69) is 0 Å². The van der Waals surface area contributed by atoms with Crippen molar-refractivity contribution >= 4 is 17.5 Å². The number of hydrogen-bond acceptors (Lipinski definition) is 6. The lowest BCUT2D eigenvalue weighted by molar-refractivity contribution is -0.140. The highest BCUT2D eigenvalue weighted by Crippen LogP contribution is 2.43. The lowest BCUT2D eigenvalue weighted by Gasteiger charge is -2.30. The molecule has 3 aliphatic rings. The molecule has 0 unspecified atom stereocenters. The van der Waals surface area contributed by atoms with E-state index >= 15 is 0 Å². The van der Waals surface area contributed by atoms with Gasteiger partial charge in [-0.15, -0.1) is 0 Å². The SMILES string of the molecule is O=C1C[C@H](c2ccc3c(c2)OCO3)C2=C(O1)C(=O)c1ccccc1C2=O. The topological polar surface area (TPSA) is 78.9 Å². The summed E-state index contributed by atoms with van der Waals surface area (Å²) in [6.45, 7) is 0.129. The van der Waals surface area contributed by atoms with Crippen molar-refractivity contribution in [2.75, 3.05) is 6.79 Å². The zero-order valence-electron chi connectivity index (χ0n) is 13.5. The molecule has 2 aromatic carbocycles. The average Bonchev–Trinajstić information content (AvgIpc) is 3.13. The summed E-state index contributed by atoms with van der Waals surface area (Å²) in [5.74, 6) is -0.819. The van der Waals surface area contributed by atoms with Gasteiger partial charge < -0.3 is 14.2 Å². The van der Waals surface area contributed by atoms with E-state index < -0.39 is 17.7 Å². The molecule has 6 nitrogen and oxygen atoms in total. The molecule has 2 aromatic rings. The highest BCUT2D eigenvalue weighted by Gasteiger charge is 2.43. The van der Waals surface area contributed by atoms with Crippen LogP contribution in [0.5, 0.6) is 11.5 Å². The third-order valence-electron chi connectivity index (χ3n) is 4.85. The first-order chi connectivity index (χ1) is 12.6. The number of ether oxygens (including phenoxy) is 3. The Morgan fingerprint density at radius 1 is 0.846 bits per heavy atom. The molecular weight excluding hydrogens is 336 g/mol. The molecule has 0 N–H and O–H groups in total. The van der Waals surface area contributed by atoms with E-state index in [0.29, 0.717) is 22.6 Å². The Labute approximate surface area is 148 Å². The van der Waals surface area contributed by atoms with E-state index in [4.69, 9.17) is 14.2 Å². The number of Topliss-reactive ketones (excluding diaryl/α,β-unsaturated/α-hetero) is 2. The molecule has 0 saturated heterocycles. The first kappa shape index (κ1) is 14.9. The predicted molar refractivity (Wildman–Crippen MR) is 88.1 cm³/mol. The first-order valence-electron chi connectivity index (χ1n) is 8.16. The molecule has 26 heavy (non-hydrogen) atoms. The van der Waals surface area contributed by atoms with E-state index in [1.807, 2.05) is 0 Å². The van der Waals surface area contributed by atoms with Gasteiger partial charge in [-0.25, -0.2) is 0 Å². The molecule has 0 fully saturated rings. The smallest absolute Gasteiger partial charge is 0.312 e. The second-order valence-corrected chi connectivity index (χ2v) is 6.29. The monoisotopic (exact) mass is 348 g/mol. The molecule has 2 aliphatic heterocycles. The predicted octanol–water partition coefficient (Wildman–Crippen LogP) is 2.78. The lowest BCUT2D eigenvalue weighted by Crippen LogP contribution is -2.32. The highest BCUT2D eigenvalue weighted by atomic mass is 16.7. The molecule has 0 bridgehead atoms. The van der Waals surface area contributed by atoms with Crippen LogP contribution in [0.15, 0.2) is 53.8 Å². The summed E-state index contributed by atoms with van der Waals surface area (Å²) in [5.41, 5.74) is 1.53. The van der Waals surface area contributed by atoms with Crippen LogP contribution in [-0.4, -0.2) is 24.3 Å². The van der Waals surface area contributed by atoms with E-state index in [1.165, 1.54) is 0 Å². The number of rotatable bonds is 1. The summed E-state index contributed by atoms with van der Waals surface area (Å²) >= 11 is 0. The molecule has 2 heterocycles. The fourth-order valence-corrected chi connectivity index (χ4v) is 3.63. The van der Waals surface area contributed by atoms with Crippen molar-refractivity contribution in [2.45, 2.75) is 12.3 Å². The van der Waals surface area contributed by atoms with E-state index in [1.54, 1.807) is 42.5 Å². The Kier molecular flexibility index (Phi) is 3.03. The normalized spacial score (nSPS) is 20.6. The van der Waals surface area contributed by atoms with Gasteiger partial charge in [-0.3, -0.25) is 14.4 Å². The minimum Gasteiger partial charge on any atom is -0.454 e.